The monoisotopic (exact) mass is 286 g/mol. The molecule has 0 saturated heterocycles. The van der Waals surface area contributed by atoms with Gasteiger partial charge in [0.15, 0.2) is 5.82 Å². The highest BCUT2D eigenvalue weighted by atomic mass is 35.5. The number of rotatable bonds is 4. The maximum atomic E-state index is 10.6. The standard InChI is InChI=1S/C10H8Cl2N4O2/c11-7-2-1-6(8(12)4-7)3-9-13-14-15-16(9)5-10(17)18/h1-2,4H,3,5H2,(H,17,18). The molecule has 18 heavy (non-hydrogen) atoms. The predicted octanol–water partition coefficient (Wildman–Crippen LogP) is 1.66. The molecule has 1 heterocycles. The van der Waals surface area contributed by atoms with Crippen molar-refractivity contribution in [2.75, 3.05) is 0 Å². The topological polar surface area (TPSA) is 80.9 Å². The van der Waals surface area contributed by atoms with Crippen molar-refractivity contribution in [1.82, 2.24) is 20.2 Å². The minimum atomic E-state index is -1.01. The highest BCUT2D eigenvalue weighted by molar-refractivity contribution is 6.35. The van der Waals surface area contributed by atoms with Gasteiger partial charge in [0.1, 0.15) is 6.54 Å². The van der Waals surface area contributed by atoms with Gasteiger partial charge in [0.2, 0.25) is 0 Å². The Morgan fingerprint density at radius 2 is 2.17 bits per heavy atom. The lowest BCUT2D eigenvalue weighted by molar-refractivity contribution is -0.138. The van der Waals surface area contributed by atoms with Crippen LogP contribution >= 0.6 is 23.2 Å². The van der Waals surface area contributed by atoms with Crippen molar-refractivity contribution in [2.45, 2.75) is 13.0 Å². The van der Waals surface area contributed by atoms with Gasteiger partial charge in [-0.25, -0.2) is 4.68 Å². The fourth-order valence-corrected chi connectivity index (χ4v) is 1.91. The molecule has 0 aliphatic carbocycles. The van der Waals surface area contributed by atoms with E-state index in [1.54, 1.807) is 18.2 Å². The van der Waals surface area contributed by atoms with Crippen molar-refractivity contribution in [1.29, 1.82) is 0 Å². The number of hydrogen-bond acceptors (Lipinski definition) is 4. The third-order valence-corrected chi connectivity index (χ3v) is 2.84. The minimum absolute atomic E-state index is 0.284. The number of carboxylic acid groups (broad SMARTS) is 1. The van der Waals surface area contributed by atoms with Gasteiger partial charge in [-0.05, 0) is 28.1 Å². The summed E-state index contributed by atoms with van der Waals surface area (Å²) in [5, 5.41) is 20.6. The van der Waals surface area contributed by atoms with Gasteiger partial charge in [-0.1, -0.05) is 29.3 Å². The molecular weight excluding hydrogens is 279 g/mol. The number of aromatic nitrogens is 4. The van der Waals surface area contributed by atoms with Gasteiger partial charge in [0.05, 0.1) is 0 Å². The van der Waals surface area contributed by atoms with Crippen LogP contribution in [0.3, 0.4) is 0 Å². The van der Waals surface area contributed by atoms with Crippen molar-refractivity contribution in [3.63, 3.8) is 0 Å². The van der Waals surface area contributed by atoms with E-state index in [0.717, 1.165) is 5.56 Å². The van der Waals surface area contributed by atoms with Crippen molar-refractivity contribution in [3.05, 3.63) is 39.6 Å². The fraction of sp³-hybridized carbons (Fsp3) is 0.200. The Hall–Kier alpha value is -1.66. The summed E-state index contributed by atoms with van der Waals surface area (Å²) in [5.74, 6) is -0.577. The van der Waals surface area contributed by atoms with E-state index in [1.165, 1.54) is 4.68 Å². The van der Waals surface area contributed by atoms with Crippen LogP contribution < -0.4 is 0 Å². The normalized spacial score (nSPS) is 10.6. The van der Waals surface area contributed by atoms with Gasteiger partial charge in [-0.2, -0.15) is 0 Å². The molecule has 0 saturated carbocycles. The van der Waals surface area contributed by atoms with E-state index in [0.29, 0.717) is 22.3 Å². The van der Waals surface area contributed by atoms with Crippen molar-refractivity contribution < 1.29 is 9.90 Å². The van der Waals surface area contributed by atoms with Gasteiger partial charge >= 0.3 is 5.97 Å². The molecule has 1 aromatic carbocycles. The van der Waals surface area contributed by atoms with Crippen LogP contribution in [0.25, 0.3) is 0 Å². The minimum Gasteiger partial charge on any atom is -0.480 e. The van der Waals surface area contributed by atoms with Gasteiger partial charge in [-0.3, -0.25) is 4.79 Å². The number of carbonyl (C=O) groups is 1. The smallest absolute Gasteiger partial charge is 0.325 e. The summed E-state index contributed by atoms with van der Waals surface area (Å²) in [4.78, 5) is 10.6. The van der Waals surface area contributed by atoms with E-state index < -0.39 is 5.97 Å². The molecule has 1 aromatic heterocycles. The van der Waals surface area contributed by atoms with Crippen LogP contribution in [0.4, 0.5) is 0 Å². The molecule has 2 aromatic rings. The summed E-state index contributed by atoms with van der Waals surface area (Å²) in [6.45, 7) is -0.284. The number of hydrogen-bond donors (Lipinski definition) is 1. The number of tetrazole rings is 1. The second-order valence-corrected chi connectivity index (χ2v) is 4.40. The van der Waals surface area contributed by atoms with Crippen LogP contribution in [-0.2, 0) is 17.8 Å². The third-order valence-electron chi connectivity index (χ3n) is 2.25. The van der Waals surface area contributed by atoms with Crippen LogP contribution in [0, 0.1) is 0 Å². The molecule has 0 spiro atoms. The molecular formula is C10H8Cl2N4O2. The zero-order chi connectivity index (χ0) is 13.1. The van der Waals surface area contributed by atoms with Crippen LogP contribution in [0.1, 0.15) is 11.4 Å². The van der Waals surface area contributed by atoms with Crippen LogP contribution in [0.15, 0.2) is 18.2 Å². The zero-order valence-corrected chi connectivity index (χ0v) is 10.6. The first kappa shape index (κ1) is 12.8. The maximum absolute atomic E-state index is 10.6. The highest BCUT2D eigenvalue weighted by Gasteiger charge is 2.11. The summed E-state index contributed by atoms with van der Waals surface area (Å²) >= 11 is 11.8. The Bertz CT molecular complexity index is 585. The lowest BCUT2D eigenvalue weighted by Gasteiger charge is -2.04. The molecule has 0 amide bonds. The Labute approximate surface area is 112 Å². The molecule has 1 N–H and O–H groups in total. The van der Waals surface area contributed by atoms with Gasteiger partial charge < -0.3 is 5.11 Å². The van der Waals surface area contributed by atoms with E-state index in [-0.39, 0.29) is 6.54 Å². The Morgan fingerprint density at radius 1 is 1.39 bits per heavy atom. The second-order valence-electron chi connectivity index (χ2n) is 3.56. The average molecular weight is 287 g/mol. The SMILES string of the molecule is O=C(O)Cn1nnnc1Cc1ccc(Cl)cc1Cl. The molecule has 2 rings (SSSR count). The van der Waals surface area contributed by atoms with Crippen molar-refractivity contribution >= 4 is 29.2 Å². The Balaban J connectivity index is 2.23. The van der Waals surface area contributed by atoms with Crippen LogP contribution in [-0.4, -0.2) is 31.3 Å². The number of carboxylic acids is 1. The van der Waals surface area contributed by atoms with Crippen LogP contribution in [0.5, 0.6) is 0 Å². The molecule has 0 aliphatic heterocycles. The number of aliphatic carboxylic acids is 1. The molecule has 0 radical (unpaired) electrons. The number of benzene rings is 1. The van der Waals surface area contributed by atoms with Gasteiger partial charge in [-0.15, -0.1) is 5.10 Å². The second kappa shape index (κ2) is 5.32. The van der Waals surface area contributed by atoms with Crippen molar-refractivity contribution in [2.24, 2.45) is 0 Å². The van der Waals surface area contributed by atoms with E-state index in [9.17, 15) is 4.79 Å². The predicted molar refractivity (Wildman–Crippen MR) is 64.7 cm³/mol. The summed E-state index contributed by atoms with van der Waals surface area (Å²) < 4.78 is 1.22. The van der Waals surface area contributed by atoms with E-state index in [2.05, 4.69) is 15.5 Å². The lowest BCUT2D eigenvalue weighted by atomic mass is 10.1. The summed E-state index contributed by atoms with van der Waals surface area (Å²) in [6, 6.07) is 5.07. The molecule has 6 nitrogen and oxygen atoms in total. The molecule has 0 bridgehead atoms. The highest BCUT2D eigenvalue weighted by Crippen LogP contribution is 2.22. The third kappa shape index (κ3) is 2.96. The average Bonchev–Trinajstić information content (AvgIpc) is 2.69. The fourth-order valence-electron chi connectivity index (χ4n) is 1.44. The lowest BCUT2D eigenvalue weighted by Crippen LogP contribution is -2.13. The molecule has 0 atom stereocenters. The molecule has 0 unspecified atom stereocenters. The number of halogens is 2. The first-order chi connectivity index (χ1) is 8.56. The Kier molecular flexibility index (Phi) is 3.78. The largest absolute Gasteiger partial charge is 0.480 e. The summed E-state index contributed by atoms with van der Waals surface area (Å²) in [6.07, 6.45) is 0.344. The number of nitrogens with zero attached hydrogens (tertiary/aromatic N) is 4. The molecule has 0 aliphatic rings. The van der Waals surface area contributed by atoms with E-state index in [1.807, 2.05) is 0 Å². The van der Waals surface area contributed by atoms with Crippen LogP contribution in [0.2, 0.25) is 10.0 Å². The maximum Gasteiger partial charge on any atom is 0.325 e. The summed E-state index contributed by atoms with van der Waals surface area (Å²) in [5.41, 5.74) is 0.780. The Morgan fingerprint density at radius 3 is 2.83 bits per heavy atom. The molecule has 94 valence electrons. The van der Waals surface area contributed by atoms with E-state index >= 15 is 0 Å². The molecule has 0 fully saturated rings. The van der Waals surface area contributed by atoms with Gasteiger partial charge in [0.25, 0.3) is 0 Å². The molecule has 8 heteroatoms. The van der Waals surface area contributed by atoms with Crippen molar-refractivity contribution in [3.8, 4) is 0 Å². The van der Waals surface area contributed by atoms with Gasteiger partial charge in [0, 0.05) is 16.5 Å². The first-order valence-electron chi connectivity index (χ1n) is 4.97. The first-order valence-corrected chi connectivity index (χ1v) is 5.72. The van der Waals surface area contributed by atoms with E-state index in [4.69, 9.17) is 28.3 Å². The summed E-state index contributed by atoms with van der Waals surface area (Å²) in [7, 11) is 0. The zero-order valence-electron chi connectivity index (χ0n) is 9.05. The quantitative estimate of drug-likeness (QED) is 0.924.